The second kappa shape index (κ2) is 7.47. The Labute approximate surface area is 187 Å². The number of anilines is 2. The molecule has 1 fully saturated rings. The van der Waals surface area contributed by atoms with Crippen LogP contribution in [-0.4, -0.2) is 32.7 Å². The number of ether oxygens (including phenoxy) is 1. The van der Waals surface area contributed by atoms with Crippen LogP contribution in [0.2, 0.25) is 0 Å². The molecule has 0 amide bonds. The second-order valence-corrected chi connectivity index (χ2v) is 8.45. The zero-order valence-electron chi connectivity index (χ0n) is 17.6. The highest BCUT2D eigenvalue weighted by Crippen LogP contribution is 2.44. The van der Waals surface area contributed by atoms with E-state index in [9.17, 15) is 13.2 Å². The summed E-state index contributed by atoms with van der Waals surface area (Å²) in [6.45, 7) is 1.07. The predicted octanol–water partition coefficient (Wildman–Crippen LogP) is 5.29. The Morgan fingerprint density at radius 1 is 1.03 bits per heavy atom. The lowest BCUT2D eigenvalue weighted by Crippen LogP contribution is -2.28. The number of aromatic nitrogens is 4. The Bertz CT molecular complexity index is 1330. The third kappa shape index (κ3) is 3.57. The Morgan fingerprint density at radius 2 is 1.85 bits per heavy atom. The van der Waals surface area contributed by atoms with Crippen LogP contribution in [0.3, 0.4) is 0 Å². The maximum Gasteiger partial charge on any atom is 0.420 e. The number of nitrogens with zero attached hydrogens (tertiary/aromatic N) is 5. The van der Waals surface area contributed by atoms with E-state index in [4.69, 9.17) is 4.74 Å². The van der Waals surface area contributed by atoms with Gasteiger partial charge < -0.3 is 9.64 Å². The molecule has 0 saturated heterocycles. The highest BCUT2D eigenvalue weighted by atomic mass is 19.4. The fourth-order valence-corrected chi connectivity index (χ4v) is 4.42. The average Bonchev–Trinajstić information content (AvgIpc) is 3.55. The molecule has 1 saturated carbocycles. The van der Waals surface area contributed by atoms with Gasteiger partial charge >= 0.3 is 6.18 Å². The molecule has 0 bridgehead atoms. The summed E-state index contributed by atoms with van der Waals surface area (Å²) in [5, 5.41) is 8.01. The van der Waals surface area contributed by atoms with Gasteiger partial charge in [-0.1, -0.05) is 6.07 Å². The smallest absolute Gasteiger partial charge is 0.420 e. The maximum atomic E-state index is 14.2. The molecule has 9 heteroatoms. The van der Waals surface area contributed by atoms with Crippen molar-refractivity contribution in [1.82, 2.24) is 19.6 Å². The monoisotopic (exact) mass is 451 g/mol. The molecule has 2 aliphatic rings. The van der Waals surface area contributed by atoms with E-state index in [1.54, 1.807) is 36.8 Å². The number of benzene rings is 1. The van der Waals surface area contributed by atoms with Gasteiger partial charge in [0.1, 0.15) is 23.7 Å². The number of rotatable bonds is 4. The molecule has 6 rings (SSSR count). The fourth-order valence-electron chi connectivity index (χ4n) is 4.42. The molecule has 0 spiro atoms. The Kier molecular flexibility index (Phi) is 4.53. The number of fused-ring (bicyclic) bond motifs is 2. The first-order valence-electron chi connectivity index (χ1n) is 10.9. The van der Waals surface area contributed by atoms with Crippen molar-refractivity contribution in [3.05, 3.63) is 66.4 Å². The number of hydrogen-bond donors (Lipinski definition) is 0. The van der Waals surface area contributed by atoms with Crippen LogP contribution >= 0.6 is 0 Å². The molecule has 1 aromatic carbocycles. The first kappa shape index (κ1) is 20.0. The summed E-state index contributed by atoms with van der Waals surface area (Å²) in [6.07, 6.45) is 3.30. The zero-order valence-corrected chi connectivity index (χ0v) is 17.6. The summed E-state index contributed by atoms with van der Waals surface area (Å²) >= 11 is 0. The van der Waals surface area contributed by atoms with Crippen molar-refractivity contribution < 1.29 is 17.9 Å². The van der Waals surface area contributed by atoms with Gasteiger partial charge in [0.15, 0.2) is 5.65 Å². The van der Waals surface area contributed by atoms with Crippen LogP contribution < -0.4 is 9.64 Å². The topological polar surface area (TPSA) is 55.5 Å². The number of hydrogen-bond acceptors (Lipinski definition) is 5. The van der Waals surface area contributed by atoms with E-state index < -0.39 is 11.7 Å². The van der Waals surface area contributed by atoms with Crippen molar-refractivity contribution in [2.75, 3.05) is 18.1 Å². The van der Waals surface area contributed by atoms with E-state index >= 15 is 0 Å². The molecular weight excluding hydrogens is 431 g/mol. The van der Waals surface area contributed by atoms with Gasteiger partial charge in [-0.3, -0.25) is 9.38 Å². The molecule has 1 aliphatic heterocycles. The molecular formula is C24H20F3N5O. The van der Waals surface area contributed by atoms with Gasteiger partial charge in [0.2, 0.25) is 0 Å². The van der Waals surface area contributed by atoms with E-state index in [-0.39, 0.29) is 11.2 Å². The zero-order chi connectivity index (χ0) is 22.6. The molecule has 0 radical (unpaired) electrons. The molecule has 4 aromatic rings. The number of alkyl halides is 3. The molecule has 168 valence electrons. The van der Waals surface area contributed by atoms with Gasteiger partial charge in [0, 0.05) is 30.7 Å². The van der Waals surface area contributed by atoms with Crippen LogP contribution in [0.15, 0.2) is 55.0 Å². The number of halogens is 3. The summed E-state index contributed by atoms with van der Waals surface area (Å²) in [6, 6.07) is 10.5. The van der Waals surface area contributed by atoms with Crippen LogP contribution in [0.4, 0.5) is 24.5 Å². The van der Waals surface area contributed by atoms with Gasteiger partial charge in [-0.25, -0.2) is 0 Å². The van der Waals surface area contributed by atoms with E-state index in [0.717, 1.165) is 24.2 Å². The molecule has 3 aromatic heterocycles. The lowest BCUT2D eigenvalue weighted by atomic mass is 9.99. The van der Waals surface area contributed by atoms with Gasteiger partial charge in [0.25, 0.3) is 0 Å². The second-order valence-electron chi connectivity index (χ2n) is 8.45. The Hall–Kier alpha value is -3.62. The third-order valence-electron chi connectivity index (χ3n) is 6.21. The molecule has 1 aliphatic carbocycles. The van der Waals surface area contributed by atoms with Crippen molar-refractivity contribution >= 4 is 17.0 Å². The molecule has 0 N–H and O–H groups in total. The molecule has 33 heavy (non-hydrogen) atoms. The lowest BCUT2D eigenvalue weighted by molar-refractivity contribution is -0.136. The summed E-state index contributed by atoms with van der Waals surface area (Å²) in [4.78, 5) is 6.12. The van der Waals surface area contributed by atoms with Gasteiger partial charge in [0.05, 0.1) is 12.2 Å². The van der Waals surface area contributed by atoms with E-state index in [1.807, 2.05) is 12.1 Å². The molecule has 4 heterocycles. The first-order valence-corrected chi connectivity index (χ1v) is 10.9. The van der Waals surface area contributed by atoms with Crippen molar-refractivity contribution in [2.24, 2.45) is 5.92 Å². The maximum absolute atomic E-state index is 14.2. The van der Waals surface area contributed by atoms with Crippen molar-refractivity contribution in [3.63, 3.8) is 0 Å². The Balaban J connectivity index is 1.45. The lowest BCUT2D eigenvalue weighted by Gasteiger charge is -2.31. The molecule has 0 unspecified atom stereocenters. The van der Waals surface area contributed by atoms with Crippen molar-refractivity contribution in [1.29, 1.82) is 0 Å². The first-order chi connectivity index (χ1) is 16.0. The summed E-state index contributed by atoms with van der Waals surface area (Å²) in [5.74, 6) is 1.61. The largest absolute Gasteiger partial charge is 0.490 e. The third-order valence-corrected chi connectivity index (χ3v) is 6.21. The van der Waals surface area contributed by atoms with Crippen molar-refractivity contribution in [3.8, 4) is 16.9 Å². The predicted molar refractivity (Wildman–Crippen MR) is 117 cm³/mol. The van der Waals surface area contributed by atoms with Gasteiger partial charge in [-0.2, -0.15) is 13.2 Å². The normalized spacial score (nSPS) is 16.0. The van der Waals surface area contributed by atoms with Crippen LogP contribution in [0.1, 0.15) is 24.2 Å². The van der Waals surface area contributed by atoms with Crippen LogP contribution in [0.25, 0.3) is 16.8 Å². The Morgan fingerprint density at radius 3 is 2.61 bits per heavy atom. The van der Waals surface area contributed by atoms with Crippen LogP contribution in [0, 0.1) is 5.92 Å². The standard InChI is InChI=1S/C24H20F3N5O/c25-24(26,27)22-18(7-10-32-21(13-15-1-2-15)29-30-23(22)32)16-3-4-19-20(14-16)33-12-11-31(19)17-5-8-28-9-6-17/h3-10,14-15H,1-2,11-13H2. The van der Waals surface area contributed by atoms with E-state index in [2.05, 4.69) is 20.1 Å². The summed E-state index contributed by atoms with van der Waals surface area (Å²) in [7, 11) is 0. The summed E-state index contributed by atoms with van der Waals surface area (Å²) < 4.78 is 50.0. The molecule has 6 nitrogen and oxygen atoms in total. The van der Waals surface area contributed by atoms with Gasteiger partial charge in [-0.15, -0.1) is 10.2 Å². The highest BCUT2D eigenvalue weighted by molar-refractivity contribution is 5.80. The highest BCUT2D eigenvalue weighted by Gasteiger charge is 2.38. The molecule has 0 atom stereocenters. The van der Waals surface area contributed by atoms with Crippen LogP contribution in [0.5, 0.6) is 5.75 Å². The van der Waals surface area contributed by atoms with Crippen LogP contribution in [-0.2, 0) is 12.6 Å². The van der Waals surface area contributed by atoms with E-state index in [0.29, 0.717) is 42.6 Å². The summed E-state index contributed by atoms with van der Waals surface area (Å²) in [5.41, 5.74) is 1.31. The minimum atomic E-state index is -4.58. The minimum Gasteiger partial charge on any atom is -0.490 e. The quantitative estimate of drug-likeness (QED) is 0.422. The van der Waals surface area contributed by atoms with Crippen molar-refractivity contribution in [2.45, 2.75) is 25.4 Å². The fraction of sp³-hybridized carbons (Fsp3) is 0.292. The average molecular weight is 451 g/mol. The number of pyridine rings is 2. The van der Waals surface area contributed by atoms with E-state index in [1.165, 1.54) is 10.5 Å². The van der Waals surface area contributed by atoms with Gasteiger partial charge in [-0.05, 0) is 60.2 Å². The minimum absolute atomic E-state index is 0.0628. The SMILES string of the molecule is FC(F)(F)c1c(-c2ccc3c(c2)OCCN3c2ccncc2)ccn2c(CC3CC3)nnc12.